The van der Waals surface area contributed by atoms with Crippen molar-refractivity contribution in [2.24, 2.45) is 0 Å². The minimum Gasteiger partial charge on any atom is -0.460 e. The lowest BCUT2D eigenvalue weighted by molar-refractivity contribution is -0.117. The van der Waals surface area contributed by atoms with Crippen molar-refractivity contribution < 1.29 is 9.53 Å². The van der Waals surface area contributed by atoms with Gasteiger partial charge in [-0.05, 0) is 79.4 Å². The van der Waals surface area contributed by atoms with E-state index in [1.54, 1.807) is 0 Å². The van der Waals surface area contributed by atoms with Crippen molar-refractivity contribution in [1.82, 2.24) is 14.9 Å². The van der Waals surface area contributed by atoms with Gasteiger partial charge >= 0.3 is 6.01 Å². The standard InChI is InChI=1S/C25H43N5O2/c1-6-13-19(2)32-24-26-22(28-25(3,4)5)20-18-21(31)30(23(20)27-24)17-12-8-11-16-29-14-9-7-10-15-29/h19H,6-18H2,1-5H3,(H,26,27,28)/t19-/m0/s1. The summed E-state index contributed by atoms with van der Waals surface area (Å²) in [5, 5.41) is 3.47. The van der Waals surface area contributed by atoms with Gasteiger partial charge in [0.2, 0.25) is 5.91 Å². The summed E-state index contributed by atoms with van der Waals surface area (Å²) in [5.41, 5.74) is 0.730. The molecule has 1 N–H and O–H groups in total. The molecule has 3 rings (SSSR count). The second-order valence-corrected chi connectivity index (χ2v) is 10.4. The van der Waals surface area contributed by atoms with Crippen LogP contribution in [0.4, 0.5) is 11.6 Å². The molecule has 0 radical (unpaired) electrons. The molecule has 1 saturated heterocycles. The Morgan fingerprint density at radius 1 is 1.06 bits per heavy atom. The minimum absolute atomic E-state index is 0.0425. The Labute approximate surface area is 194 Å². The molecule has 1 amide bonds. The Kier molecular flexibility index (Phi) is 8.74. The summed E-state index contributed by atoms with van der Waals surface area (Å²) < 4.78 is 6.02. The number of ether oxygens (including phenoxy) is 1. The first-order valence-corrected chi connectivity index (χ1v) is 12.7. The molecule has 2 aliphatic heterocycles. The van der Waals surface area contributed by atoms with Crippen LogP contribution in [0.2, 0.25) is 0 Å². The molecule has 0 spiro atoms. The van der Waals surface area contributed by atoms with E-state index in [9.17, 15) is 4.79 Å². The molecule has 7 heteroatoms. The van der Waals surface area contributed by atoms with E-state index in [1.165, 1.54) is 45.3 Å². The number of carbonyl (C=O) groups is 1. The van der Waals surface area contributed by atoms with E-state index in [-0.39, 0.29) is 17.6 Å². The van der Waals surface area contributed by atoms with Crippen LogP contribution in [0.25, 0.3) is 0 Å². The van der Waals surface area contributed by atoms with E-state index >= 15 is 0 Å². The summed E-state index contributed by atoms with van der Waals surface area (Å²) >= 11 is 0. The Morgan fingerprint density at radius 3 is 2.47 bits per heavy atom. The summed E-state index contributed by atoms with van der Waals surface area (Å²) in [4.78, 5) is 26.7. The molecule has 0 aromatic carbocycles. The number of aromatic nitrogens is 2. The first kappa shape index (κ1) is 24.7. The molecule has 32 heavy (non-hydrogen) atoms. The topological polar surface area (TPSA) is 70.6 Å². The van der Waals surface area contributed by atoms with Crippen LogP contribution in [-0.2, 0) is 11.2 Å². The SMILES string of the molecule is CCC[C@H](C)Oc1nc(NC(C)(C)C)c2c(n1)N(CCCCCN1CCCCC1)C(=O)C2. The van der Waals surface area contributed by atoms with Gasteiger partial charge in [-0.2, -0.15) is 9.97 Å². The number of piperidine rings is 1. The number of rotatable bonds is 11. The minimum atomic E-state index is -0.167. The van der Waals surface area contributed by atoms with E-state index in [4.69, 9.17) is 9.72 Å². The van der Waals surface area contributed by atoms with E-state index in [1.807, 2.05) is 11.8 Å². The molecular weight excluding hydrogens is 402 g/mol. The average Bonchev–Trinajstić information content (AvgIpc) is 3.03. The average molecular weight is 446 g/mol. The highest BCUT2D eigenvalue weighted by atomic mass is 16.5. The monoisotopic (exact) mass is 445 g/mol. The Bertz CT molecular complexity index is 755. The number of amides is 1. The molecule has 1 atom stereocenters. The fourth-order valence-corrected chi connectivity index (χ4v) is 4.56. The number of nitrogens with zero attached hydrogens (tertiary/aromatic N) is 4. The number of unbranched alkanes of at least 4 members (excludes halogenated alkanes) is 2. The van der Waals surface area contributed by atoms with Gasteiger partial charge in [-0.3, -0.25) is 9.69 Å². The maximum atomic E-state index is 12.9. The smallest absolute Gasteiger partial charge is 0.320 e. The summed E-state index contributed by atoms with van der Waals surface area (Å²) in [6.07, 6.45) is 9.76. The third-order valence-corrected chi connectivity index (χ3v) is 6.15. The van der Waals surface area contributed by atoms with Crippen molar-refractivity contribution in [1.29, 1.82) is 0 Å². The Morgan fingerprint density at radius 2 is 1.78 bits per heavy atom. The molecule has 0 bridgehead atoms. The number of anilines is 2. The maximum Gasteiger partial charge on any atom is 0.320 e. The van der Waals surface area contributed by atoms with Crippen LogP contribution in [0, 0.1) is 0 Å². The second kappa shape index (κ2) is 11.3. The number of hydrogen-bond acceptors (Lipinski definition) is 6. The van der Waals surface area contributed by atoms with E-state index in [2.05, 4.69) is 42.9 Å². The fourth-order valence-electron chi connectivity index (χ4n) is 4.56. The zero-order chi connectivity index (χ0) is 23.1. The van der Waals surface area contributed by atoms with Gasteiger partial charge in [-0.15, -0.1) is 0 Å². The lowest BCUT2D eigenvalue weighted by atomic mass is 10.1. The van der Waals surface area contributed by atoms with Crippen LogP contribution < -0.4 is 15.0 Å². The van der Waals surface area contributed by atoms with Crippen molar-refractivity contribution in [2.45, 2.75) is 104 Å². The first-order valence-electron chi connectivity index (χ1n) is 12.7. The van der Waals surface area contributed by atoms with Gasteiger partial charge in [0.25, 0.3) is 0 Å². The number of hydrogen-bond donors (Lipinski definition) is 1. The van der Waals surface area contributed by atoms with Gasteiger partial charge in [0.15, 0.2) is 0 Å². The molecule has 0 unspecified atom stereocenters. The number of nitrogens with one attached hydrogen (secondary N) is 1. The van der Waals surface area contributed by atoms with Crippen molar-refractivity contribution in [3.8, 4) is 6.01 Å². The summed E-state index contributed by atoms with van der Waals surface area (Å²) in [6, 6.07) is 0.362. The van der Waals surface area contributed by atoms with E-state index in [0.29, 0.717) is 19.0 Å². The Hall–Kier alpha value is -1.89. The predicted molar refractivity (Wildman–Crippen MR) is 131 cm³/mol. The van der Waals surface area contributed by atoms with Gasteiger partial charge in [0.1, 0.15) is 11.6 Å². The van der Waals surface area contributed by atoms with Gasteiger partial charge in [-0.1, -0.05) is 26.2 Å². The second-order valence-electron chi connectivity index (χ2n) is 10.4. The van der Waals surface area contributed by atoms with Gasteiger partial charge in [-0.25, -0.2) is 0 Å². The van der Waals surface area contributed by atoms with Crippen molar-refractivity contribution in [3.63, 3.8) is 0 Å². The molecule has 1 fully saturated rings. The number of carbonyl (C=O) groups excluding carboxylic acids is 1. The van der Waals surface area contributed by atoms with Crippen LogP contribution in [0.3, 0.4) is 0 Å². The summed E-state index contributed by atoms with van der Waals surface area (Å²) in [6.45, 7) is 14.9. The van der Waals surface area contributed by atoms with Gasteiger partial charge < -0.3 is 15.0 Å². The summed E-state index contributed by atoms with van der Waals surface area (Å²) in [5.74, 6) is 1.56. The third kappa shape index (κ3) is 7.06. The molecule has 180 valence electrons. The van der Waals surface area contributed by atoms with Crippen LogP contribution in [-0.4, -0.2) is 58.6 Å². The molecule has 2 aliphatic rings. The maximum absolute atomic E-state index is 12.9. The lowest BCUT2D eigenvalue weighted by Crippen LogP contribution is -2.31. The first-order chi connectivity index (χ1) is 15.3. The zero-order valence-corrected chi connectivity index (χ0v) is 20.9. The van der Waals surface area contributed by atoms with Crippen LogP contribution in [0.15, 0.2) is 0 Å². The summed E-state index contributed by atoms with van der Waals surface area (Å²) in [7, 11) is 0. The van der Waals surface area contributed by atoms with Crippen LogP contribution in [0.1, 0.15) is 91.5 Å². The number of fused-ring (bicyclic) bond motifs is 1. The molecule has 0 aliphatic carbocycles. The highest BCUT2D eigenvalue weighted by Gasteiger charge is 2.33. The fraction of sp³-hybridized carbons (Fsp3) is 0.800. The van der Waals surface area contributed by atoms with Crippen LogP contribution >= 0.6 is 0 Å². The van der Waals surface area contributed by atoms with Crippen molar-refractivity contribution in [3.05, 3.63) is 5.56 Å². The third-order valence-electron chi connectivity index (χ3n) is 6.15. The molecule has 3 heterocycles. The van der Waals surface area contributed by atoms with Gasteiger partial charge in [0, 0.05) is 17.6 Å². The quantitative estimate of drug-likeness (QED) is 0.493. The molecule has 1 aromatic heterocycles. The van der Waals surface area contributed by atoms with Crippen molar-refractivity contribution >= 4 is 17.5 Å². The van der Waals surface area contributed by atoms with E-state index in [0.717, 1.165) is 42.9 Å². The molecule has 0 saturated carbocycles. The van der Waals surface area contributed by atoms with Gasteiger partial charge in [0.05, 0.1) is 12.5 Å². The van der Waals surface area contributed by atoms with Crippen molar-refractivity contribution in [2.75, 3.05) is 36.4 Å². The molecule has 7 nitrogen and oxygen atoms in total. The predicted octanol–water partition coefficient (Wildman–Crippen LogP) is 4.80. The Balaban J connectivity index is 1.66. The normalized spacial score (nSPS) is 18.0. The zero-order valence-electron chi connectivity index (χ0n) is 20.9. The lowest BCUT2D eigenvalue weighted by Gasteiger charge is -2.26. The number of likely N-dealkylation sites (tertiary alicyclic amines) is 1. The molecular formula is C25H43N5O2. The van der Waals surface area contributed by atoms with E-state index < -0.39 is 0 Å². The van der Waals surface area contributed by atoms with Crippen LogP contribution in [0.5, 0.6) is 6.01 Å². The largest absolute Gasteiger partial charge is 0.460 e. The highest BCUT2D eigenvalue weighted by Crippen LogP contribution is 2.35. The highest BCUT2D eigenvalue weighted by molar-refractivity contribution is 6.01. The molecule has 1 aromatic rings.